The molecular weight excluding hydrogens is 276 g/mol. The van der Waals surface area contributed by atoms with Crippen LogP contribution in [0.25, 0.3) is 0 Å². The van der Waals surface area contributed by atoms with Gasteiger partial charge in [0.2, 0.25) is 0 Å². The minimum Gasteiger partial charge on any atom is -0.496 e. The van der Waals surface area contributed by atoms with Crippen LogP contribution in [-0.2, 0) is 20.7 Å². The third-order valence-electron chi connectivity index (χ3n) is 2.71. The summed E-state index contributed by atoms with van der Waals surface area (Å²) in [5.41, 5.74) is 5.67. The van der Waals surface area contributed by atoms with Gasteiger partial charge in [0, 0.05) is 6.42 Å². The summed E-state index contributed by atoms with van der Waals surface area (Å²) in [5.74, 6) is -0.619. The molecule has 3 amide bonds. The highest BCUT2D eigenvalue weighted by atomic mass is 16.5. The number of hydrogen-bond acceptors (Lipinski definition) is 5. The van der Waals surface area contributed by atoms with Crippen LogP contribution in [0.4, 0.5) is 4.79 Å². The first-order chi connectivity index (χ1) is 9.93. The number of ether oxygens (including phenoxy) is 2. The lowest BCUT2D eigenvalue weighted by atomic mass is 10.1. The van der Waals surface area contributed by atoms with Crippen LogP contribution in [0.3, 0.4) is 0 Å². The Balaban J connectivity index is 2.47. The number of nitrogens with one attached hydrogen (secondary N) is 1. The second kappa shape index (κ2) is 7.88. The maximum absolute atomic E-state index is 11.7. The van der Waals surface area contributed by atoms with Gasteiger partial charge in [-0.3, -0.25) is 14.9 Å². The van der Waals surface area contributed by atoms with Gasteiger partial charge in [-0.05, 0) is 25.0 Å². The van der Waals surface area contributed by atoms with Gasteiger partial charge in [-0.25, -0.2) is 4.79 Å². The van der Waals surface area contributed by atoms with Crippen molar-refractivity contribution in [3.05, 3.63) is 29.8 Å². The fourth-order valence-electron chi connectivity index (χ4n) is 1.68. The Labute approximate surface area is 122 Å². The summed E-state index contributed by atoms with van der Waals surface area (Å²) in [5, 5.41) is 1.84. The molecule has 0 bridgehead atoms. The van der Waals surface area contributed by atoms with E-state index in [1.807, 2.05) is 23.5 Å². The molecule has 1 aromatic rings. The van der Waals surface area contributed by atoms with Crippen molar-refractivity contribution in [2.75, 3.05) is 7.11 Å². The molecule has 0 aliphatic heterocycles. The van der Waals surface area contributed by atoms with E-state index in [-0.39, 0.29) is 6.42 Å². The van der Waals surface area contributed by atoms with Crippen molar-refractivity contribution in [3.8, 4) is 5.75 Å². The van der Waals surface area contributed by atoms with Gasteiger partial charge in [0.05, 0.1) is 7.11 Å². The van der Waals surface area contributed by atoms with Crippen molar-refractivity contribution in [2.24, 2.45) is 5.73 Å². The fraction of sp³-hybridized carbons (Fsp3) is 0.357. The van der Waals surface area contributed by atoms with Crippen LogP contribution in [0.15, 0.2) is 24.3 Å². The molecule has 7 nitrogen and oxygen atoms in total. The van der Waals surface area contributed by atoms with Crippen LogP contribution in [0.5, 0.6) is 5.75 Å². The van der Waals surface area contributed by atoms with Gasteiger partial charge >= 0.3 is 12.0 Å². The molecular formula is C14H18N2O5. The van der Waals surface area contributed by atoms with E-state index in [1.54, 1.807) is 13.2 Å². The van der Waals surface area contributed by atoms with Crippen molar-refractivity contribution in [1.82, 2.24) is 5.32 Å². The molecule has 1 aromatic carbocycles. The van der Waals surface area contributed by atoms with Gasteiger partial charge in [0.25, 0.3) is 5.91 Å². The predicted molar refractivity (Wildman–Crippen MR) is 74.6 cm³/mol. The zero-order chi connectivity index (χ0) is 15.8. The molecule has 0 saturated heterocycles. The topological polar surface area (TPSA) is 108 Å². The lowest BCUT2D eigenvalue weighted by Gasteiger charge is -2.12. The van der Waals surface area contributed by atoms with Gasteiger partial charge in [0.15, 0.2) is 6.10 Å². The van der Waals surface area contributed by atoms with Crippen LogP contribution in [0.2, 0.25) is 0 Å². The Kier molecular flexibility index (Phi) is 6.19. The normalized spacial score (nSPS) is 11.3. The largest absolute Gasteiger partial charge is 0.496 e. The minimum absolute atomic E-state index is 0.0918. The Morgan fingerprint density at radius 1 is 1.29 bits per heavy atom. The third kappa shape index (κ3) is 5.52. The van der Waals surface area contributed by atoms with Crippen LogP contribution >= 0.6 is 0 Å². The Morgan fingerprint density at radius 2 is 1.95 bits per heavy atom. The summed E-state index contributed by atoms with van der Waals surface area (Å²) in [6.07, 6.45) is -0.565. The van der Waals surface area contributed by atoms with Crippen LogP contribution < -0.4 is 15.8 Å². The quantitative estimate of drug-likeness (QED) is 0.753. The number of carbonyl (C=O) groups is 3. The number of urea groups is 1. The van der Waals surface area contributed by atoms with Gasteiger partial charge < -0.3 is 15.2 Å². The van der Waals surface area contributed by atoms with E-state index >= 15 is 0 Å². The van der Waals surface area contributed by atoms with Crippen molar-refractivity contribution in [1.29, 1.82) is 0 Å². The van der Waals surface area contributed by atoms with E-state index in [0.717, 1.165) is 5.56 Å². The monoisotopic (exact) mass is 294 g/mol. The summed E-state index contributed by atoms with van der Waals surface area (Å²) >= 11 is 0. The number of carbonyl (C=O) groups excluding carboxylic acids is 3. The number of amides is 3. The number of nitrogens with two attached hydrogens (primary N) is 1. The summed E-state index contributed by atoms with van der Waals surface area (Å²) < 4.78 is 10.1. The van der Waals surface area contributed by atoms with E-state index < -0.39 is 24.0 Å². The Hall–Kier alpha value is -2.57. The lowest BCUT2D eigenvalue weighted by molar-refractivity contribution is -0.154. The van der Waals surface area contributed by atoms with Crippen LogP contribution in [-0.4, -0.2) is 31.1 Å². The molecule has 114 valence electrons. The van der Waals surface area contributed by atoms with Gasteiger partial charge in [-0.2, -0.15) is 0 Å². The number of para-hydroxylation sites is 1. The highest BCUT2D eigenvalue weighted by Gasteiger charge is 2.19. The average molecular weight is 294 g/mol. The highest BCUT2D eigenvalue weighted by molar-refractivity contribution is 5.96. The molecule has 0 saturated carbocycles. The van der Waals surface area contributed by atoms with E-state index in [1.165, 1.54) is 6.92 Å². The Morgan fingerprint density at radius 3 is 2.57 bits per heavy atom. The molecule has 7 heteroatoms. The number of hydrogen-bond donors (Lipinski definition) is 2. The Bertz CT molecular complexity index is 530. The first kappa shape index (κ1) is 16.5. The van der Waals surface area contributed by atoms with Crippen molar-refractivity contribution in [2.45, 2.75) is 25.9 Å². The molecule has 0 aliphatic carbocycles. The van der Waals surface area contributed by atoms with Crippen molar-refractivity contribution < 1.29 is 23.9 Å². The predicted octanol–water partition coefficient (Wildman–Crippen LogP) is 0.754. The fourth-order valence-corrected chi connectivity index (χ4v) is 1.68. The average Bonchev–Trinajstić information content (AvgIpc) is 2.44. The zero-order valence-corrected chi connectivity index (χ0v) is 11.9. The van der Waals surface area contributed by atoms with Crippen LogP contribution in [0, 0.1) is 0 Å². The van der Waals surface area contributed by atoms with Gasteiger partial charge in [-0.15, -0.1) is 0 Å². The smallest absolute Gasteiger partial charge is 0.318 e. The molecule has 0 heterocycles. The number of methoxy groups -OCH3 is 1. The third-order valence-corrected chi connectivity index (χ3v) is 2.71. The minimum atomic E-state index is -1.08. The standard InChI is InChI=1S/C14H18N2O5/c1-9(13(18)16-14(15)19)21-12(17)8-7-10-5-3-4-6-11(10)20-2/h3-6,9H,7-8H2,1-2H3,(H3,15,16,18,19)/t9-/m1/s1. The van der Waals surface area contributed by atoms with E-state index in [9.17, 15) is 14.4 Å². The van der Waals surface area contributed by atoms with E-state index in [0.29, 0.717) is 12.2 Å². The molecule has 1 atom stereocenters. The maximum atomic E-state index is 11.7. The highest BCUT2D eigenvalue weighted by Crippen LogP contribution is 2.19. The number of benzene rings is 1. The summed E-state index contributed by atoms with van der Waals surface area (Å²) in [4.78, 5) is 33.5. The summed E-state index contributed by atoms with van der Waals surface area (Å²) in [6.45, 7) is 1.36. The first-order valence-corrected chi connectivity index (χ1v) is 6.35. The summed E-state index contributed by atoms with van der Waals surface area (Å²) in [7, 11) is 1.55. The lowest BCUT2D eigenvalue weighted by Crippen LogP contribution is -2.42. The number of aryl methyl sites for hydroxylation is 1. The van der Waals surface area contributed by atoms with Crippen molar-refractivity contribution >= 4 is 17.9 Å². The molecule has 0 fully saturated rings. The molecule has 0 unspecified atom stereocenters. The molecule has 0 radical (unpaired) electrons. The molecule has 0 aromatic heterocycles. The zero-order valence-electron chi connectivity index (χ0n) is 11.9. The van der Waals surface area contributed by atoms with E-state index in [2.05, 4.69) is 0 Å². The number of esters is 1. The molecule has 0 spiro atoms. The molecule has 0 aliphatic rings. The van der Waals surface area contributed by atoms with Crippen LogP contribution in [0.1, 0.15) is 18.9 Å². The molecule has 21 heavy (non-hydrogen) atoms. The van der Waals surface area contributed by atoms with Gasteiger partial charge in [0.1, 0.15) is 5.75 Å². The summed E-state index contributed by atoms with van der Waals surface area (Å²) in [6, 6.07) is 6.32. The molecule has 1 rings (SSSR count). The maximum Gasteiger partial charge on any atom is 0.318 e. The second-order valence-electron chi connectivity index (χ2n) is 4.30. The number of primary amides is 1. The number of rotatable bonds is 6. The number of imide groups is 1. The molecule has 3 N–H and O–H groups in total. The SMILES string of the molecule is COc1ccccc1CCC(=O)O[C@H](C)C(=O)NC(N)=O. The van der Waals surface area contributed by atoms with Crippen molar-refractivity contribution in [3.63, 3.8) is 0 Å². The first-order valence-electron chi connectivity index (χ1n) is 6.35. The van der Waals surface area contributed by atoms with E-state index in [4.69, 9.17) is 15.2 Å². The second-order valence-corrected chi connectivity index (χ2v) is 4.30. The van der Waals surface area contributed by atoms with Gasteiger partial charge in [-0.1, -0.05) is 18.2 Å².